The highest BCUT2D eigenvalue weighted by Crippen LogP contribution is 2.20. The molecule has 3 rings (SSSR count). The van der Waals surface area contributed by atoms with Crippen LogP contribution in [-0.2, 0) is 0 Å². The summed E-state index contributed by atoms with van der Waals surface area (Å²) in [4.78, 5) is 11.9. The lowest BCUT2D eigenvalue weighted by Crippen LogP contribution is -2.49. The highest BCUT2D eigenvalue weighted by molar-refractivity contribution is 7.99. The normalized spacial score (nSPS) is 15.5. The van der Waals surface area contributed by atoms with Crippen LogP contribution in [0.3, 0.4) is 0 Å². The maximum Gasteiger partial charge on any atom is 0.191 e. The van der Waals surface area contributed by atoms with Crippen LogP contribution in [0.5, 0.6) is 0 Å². The Bertz CT molecular complexity index is 773. The molecule has 1 fully saturated rings. The second-order valence-electron chi connectivity index (χ2n) is 6.88. The summed E-state index contributed by atoms with van der Waals surface area (Å²) >= 11 is 1.51. The number of anilines is 1. The second-order valence-corrected chi connectivity index (χ2v) is 8.01. The summed E-state index contributed by atoms with van der Waals surface area (Å²) in [5.74, 6) is 2.47. The minimum absolute atomic E-state index is 0.162. The van der Waals surface area contributed by atoms with Gasteiger partial charge >= 0.3 is 0 Å². The number of aryl methyl sites for hydroxylation is 1. The SMILES string of the molecule is CN=C(NCCSc1ccccc1F)NC1CCN(c2ccc(C)cn2)CC1. The van der Waals surface area contributed by atoms with E-state index in [1.165, 1.54) is 23.4 Å². The van der Waals surface area contributed by atoms with Crippen LogP contribution in [-0.4, -0.2) is 49.4 Å². The monoisotopic (exact) mass is 401 g/mol. The molecule has 0 spiro atoms. The predicted molar refractivity (Wildman–Crippen MR) is 116 cm³/mol. The van der Waals surface area contributed by atoms with Crippen molar-refractivity contribution in [1.82, 2.24) is 15.6 Å². The van der Waals surface area contributed by atoms with Crippen molar-refractivity contribution in [3.05, 3.63) is 54.0 Å². The molecule has 0 aliphatic carbocycles. The van der Waals surface area contributed by atoms with E-state index in [0.29, 0.717) is 10.9 Å². The number of benzene rings is 1. The Balaban J connectivity index is 1.38. The van der Waals surface area contributed by atoms with Crippen molar-refractivity contribution in [3.63, 3.8) is 0 Å². The number of hydrogen-bond acceptors (Lipinski definition) is 4. The fourth-order valence-corrected chi connectivity index (χ4v) is 3.98. The number of nitrogens with one attached hydrogen (secondary N) is 2. The molecule has 28 heavy (non-hydrogen) atoms. The van der Waals surface area contributed by atoms with Gasteiger partial charge in [0.25, 0.3) is 0 Å². The first kappa shape index (κ1) is 20.5. The average Bonchev–Trinajstić information content (AvgIpc) is 2.72. The van der Waals surface area contributed by atoms with E-state index in [-0.39, 0.29) is 5.82 Å². The van der Waals surface area contributed by atoms with Gasteiger partial charge in [-0.1, -0.05) is 18.2 Å². The van der Waals surface area contributed by atoms with Gasteiger partial charge in [-0.2, -0.15) is 0 Å². The summed E-state index contributed by atoms with van der Waals surface area (Å²) in [6, 6.07) is 11.5. The molecule has 2 heterocycles. The van der Waals surface area contributed by atoms with Gasteiger partial charge in [-0.3, -0.25) is 4.99 Å². The van der Waals surface area contributed by atoms with E-state index in [9.17, 15) is 4.39 Å². The lowest BCUT2D eigenvalue weighted by molar-refractivity contribution is 0.460. The number of guanidine groups is 1. The van der Waals surface area contributed by atoms with E-state index >= 15 is 0 Å². The Hall–Kier alpha value is -2.28. The topological polar surface area (TPSA) is 52.6 Å². The van der Waals surface area contributed by atoms with Crippen molar-refractivity contribution in [3.8, 4) is 0 Å². The molecule has 1 saturated heterocycles. The first-order chi connectivity index (χ1) is 13.7. The number of aliphatic imine (C=N–C) groups is 1. The van der Waals surface area contributed by atoms with Crippen LogP contribution in [0.4, 0.5) is 10.2 Å². The highest BCUT2D eigenvalue weighted by Gasteiger charge is 2.20. The molecule has 7 heteroatoms. The van der Waals surface area contributed by atoms with Crippen molar-refractivity contribution in [2.24, 2.45) is 4.99 Å². The maximum absolute atomic E-state index is 13.6. The average molecular weight is 402 g/mol. The lowest BCUT2D eigenvalue weighted by Gasteiger charge is -2.33. The van der Waals surface area contributed by atoms with E-state index in [1.54, 1.807) is 13.1 Å². The Morgan fingerprint density at radius 1 is 1.25 bits per heavy atom. The number of nitrogens with zero attached hydrogens (tertiary/aromatic N) is 3. The molecule has 5 nitrogen and oxygen atoms in total. The van der Waals surface area contributed by atoms with Crippen molar-refractivity contribution in [1.29, 1.82) is 0 Å². The van der Waals surface area contributed by atoms with E-state index in [2.05, 4.69) is 44.6 Å². The van der Waals surface area contributed by atoms with Crippen molar-refractivity contribution in [2.75, 3.05) is 37.3 Å². The summed E-state index contributed by atoms with van der Waals surface area (Å²) < 4.78 is 13.6. The van der Waals surface area contributed by atoms with E-state index in [0.717, 1.165) is 50.0 Å². The van der Waals surface area contributed by atoms with Crippen LogP contribution in [0.25, 0.3) is 0 Å². The zero-order valence-electron chi connectivity index (χ0n) is 16.5. The van der Waals surface area contributed by atoms with Crippen molar-refractivity contribution in [2.45, 2.75) is 30.7 Å². The molecule has 1 aromatic heterocycles. The van der Waals surface area contributed by atoms with E-state index in [4.69, 9.17) is 0 Å². The van der Waals surface area contributed by atoms with Crippen LogP contribution >= 0.6 is 11.8 Å². The Labute approximate surface area is 170 Å². The maximum atomic E-state index is 13.6. The molecule has 0 bridgehead atoms. The summed E-state index contributed by atoms with van der Waals surface area (Å²) in [6.07, 6.45) is 4.01. The molecule has 0 amide bonds. The van der Waals surface area contributed by atoms with Gasteiger partial charge in [-0.25, -0.2) is 9.37 Å². The molecule has 1 aromatic carbocycles. The van der Waals surface area contributed by atoms with Crippen LogP contribution in [0, 0.1) is 12.7 Å². The summed E-state index contributed by atoms with van der Waals surface area (Å²) in [5, 5.41) is 6.83. The summed E-state index contributed by atoms with van der Waals surface area (Å²) in [5.41, 5.74) is 1.18. The third-order valence-electron chi connectivity index (χ3n) is 4.77. The van der Waals surface area contributed by atoms with Crippen LogP contribution in [0.15, 0.2) is 52.5 Å². The first-order valence-electron chi connectivity index (χ1n) is 9.68. The van der Waals surface area contributed by atoms with Gasteiger partial charge in [0.1, 0.15) is 11.6 Å². The van der Waals surface area contributed by atoms with Gasteiger partial charge in [0.15, 0.2) is 5.96 Å². The Morgan fingerprint density at radius 2 is 2.04 bits per heavy atom. The quantitative estimate of drug-likeness (QED) is 0.336. The van der Waals surface area contributed by atoms with Crippen molar-refractivity contribution >= 4 is 23.5 Å². The number of rotatable bonds is 6. The zero-order chi connectivity index (χ0) is 19.8. The number of hydrogen-bond donors (Lipinski definition) is 2. The fraction of sp³-hybridized carbons (Fsp3) is 0.429. The van der Waals surface area contributed by atoms with Gasteiger partial charge < -0.3 is 15.5 Å². The lowest BCUT2D eigenvalue weighted by atomic mass is 10.1. The van der Waals surface area contributed by atoms with Crippen LogP contribution < -0.4 is 15.5 Å². The molecule has 0 saturated carbocycles. The molecular formula is C21H28FN5S. The number of thioether (sulfide) groups is 1. The number of pyridine rings is 1. The summed E-state index contributed by atoms with van der Waals surface area (Å²) in [7, 11) is 1.78. The first-order valence-corrected chi connectivity index (χ1v) is 10.7. The standard InChI is InChI=1S/C21H28FN5S/c1-16-7-8-20(25-15-16)27-12-9-17(10-13-27)26-21(23-2)24-11-14-28-19-6-4-3-5-18(19)22/h3-8,15,17H,9-14H2,1-2H3,(H2,23,24,26). The van der Waals surface area contributed by atoms with E-state index in [1.807, 2.05) is 18.3 Å². The van der Waals surface area contributed by atoms with Crippen LogP contribution in [0.2, 0.25) is 0 Å². The fourth-order valence-electron chi connectivity index (χ4n) is 3.18. The Morgan fingerprint density at radius 3 is 2.71 bits per heavy atom. The number of aromatic nitrogens is 1. The Kier molecular flexibility index (Phi) is 7.54. The number of piperidine rings is 1. The molecule has 2 N–H and O–H groups in total. The highest BCUT2D eigenvalue weighted by atomic mass is 32.2. The predicted octanol–water partition coefficient (Wildman–Crippen LogP) is 3.46. The minimum atomic E-state index is -0.162. The third kappa shape index (κ3) is 5.86. The molecule has 150 valence electrons. The second kappa shape index (κ2) is 10.3. The molecule has 1 aliphatic rings. The molecule has 1 aliphatic heterocycles. The van der Waals surface area contributed by atoms with Gasteiger partial charge in [-0.15, -0.1) is 11.8 Å². The molecule has 0 atom stereocenters. The largest absolute Gasteiger partial charge is 0.356 e. The smallest absolute Gasteiger partial charge is 0.191 e. The zero-order valence-corrected chi connectivity index (χ0v) is 17.3. The van der Waals surface area contributed by atoms with Crippen LogP contribution in [0.1, 0.15) is 18.4 Å². The third-order valence-corrected chi connectivity index (χ3v) is 5.82. The van der Waals surface area contributed by atoms with Gasteiger partial charge in [0.05, 0.1) is 0 Å². The minimum Gasteiger partial charge on any atom is -0.356 e. The van der Waals surface area contributed by atoms with Gasteiger partial charge in [0.2, 0.25) is 0 Å². The molecular weight excluding hydrogens is 373 g/mol. The van der Waals surface area contributed by atoms with E-state index < -0.39 is 0 Å². The summed E-state index contributed by atoms with van der Waals surface area (Å²) in [6.45, 7) is 4.74. The van der Waals surface area contributed by atoms with Crippen molar-refractivity contribution < 1.29 is 4.39 Å². The molecule has 0 unspecified atom stereocenters. The van der Waals surface area contributed by atoms with Gasteiger partial charge in [0, 0.05) is 49.6 Å². The van der Waals surface area contributed by atoms with Gasteiger partial charge in [-0.05, 0) is 43.5 Å². The molecule has 2 aromatic rings. The number of halogens is 1. The molecule has 0 radical (unpaired) electrons.